The number of rotatable bonds is 9. The SMILES string of the molecule is Cc1cc(Nc2nccn3c(-c4ccc(OCC#N)c(F)c4Cl)cnc23)ccc1C(=O)N1CCN(C(=O)[C@H]2CCNC[C@H]2OC=O)CC1. The summed E-state index contributed by atoms with van der Waals surface area (Å²) in [7, 11) is 0. The third kappa shape index (κ3) is 6.47. The Balaban J connectivity index is 1.13. The van der Waals surface area contributed by atoms with Gasteiger partial charge in [-0.25, -0.2) is 14.4 Å². The fraction of sp³-hybridized carbons (Fsp3) is 0.333. The second-order valence-corrected chi connectivity index (χ2v) is 11.8. The third-order valence-corrected chi connectivity index (χ3v) is 8.98. The van der Waals surface area contributed by atoms with Gasteiger partial charge in [-0.2, -0.15) is 5.26 Å². The van der Waals surface area contributed by atoms with Crippen LogP contribution >= 0.6 is 11.6 Å². The highest BCUT2D eigenvalue weighted by molar-refractivity contribution is 6.33. The summed E-state index contributed by atoms with van der Waals surface area (Å²) in [5, 5.41) is 15.0. The van der Waals surface area contributed by atoms with Gasteiger partial charge in [-0.3, -0.25) is 18.8 Å². The van der Waals surface area contributed by atoms with E-state index in [4.69, 9.17) is 26.3 Å². The first-order valence-electron chi connectivity index (χ1n) is 15.4. The maximum absolute atomic E-state index is 14.9. The van der Waals surface area contributed by atoms with Crippen molar-refractivity contribution >= 4 is 47.0 Å². The third-order valence-electron chi connectivity index (χ3n) is 8.62. The van der Waals surface area contributed by atoms with Crippen molar-refractivity contribution in [2.45, 2.75) is 19.4 Å². The normalized spacial score (nSPS) is 17.9. The molecule has 2 atom stereocenters. The zero-order chi connectivity index (χ0) is 33.8. The molecule has 2 aromatic heterocycles. The predicted molar refractivity (Wildman–Crippen MR) is 173 cm³/mol. The molecule has 2 aliphatic rings. The molecule has 2 aliphatic heterocycles. The average molecular weight is 675 g/mol. The zero-order valence-electron chi connectivity index (χ0n) is 26.0. The van der Waals surface area contributed by atoms with Gasteiger partial charge in [0.05, 0.1) is 22.8 Å². The summed E-state index contributed by atoms with van der Waals surface area (Å²) in [6.45, 7) is 4.65. The Bertz CT molecular complexity index is 1900. The van der Waals surface area contributed by atoms with E-state index in [2.05, 4.69) is 20.6 Å². The monoisotopic (exact) mass is 674 g/mol. The van der Waals surface area contributed by atoms with Gasteiger partial charge in [-0.05, 0) is 55.8 Å². The molecule has 248 valence electrons. The summed E-state index contributed by atoms with van der Waals surface area (Å²) in [4.78, 5) is 50.0. The Kier molecular flexibility index (Phi) is 9.70. The molecule has 6 rings (SSSR count). The lowest BCUT2D eigenvalue weighted by atomic mass is 9.93. The number of nitrogens with one attached hydrogen (secondary N) is 2. The van der Waals surface area contributed by atoms with Crippen LogP contribution in [0.4, 0.5) is 15.9 Å². The van der Waals surface area contributed by atoms with E-state index in [1.165, 1.54) is 6.07 Å². The summed E-state index contributed by atoms with van der Waals surface area (Å²) >= 11 is 6.35. The van der Waals surface area contributed by atoms with E-state index in [0.717, 1.165) is 5.56 Å². The molecule has 0 saturated carbocycles. The predicted octanol–water partition coefficient (Wildman–Crippen LogP) is 3.58. The van der Waals surface area contributed by atoms with Crippen molar-refractivity contribution in [3.63, 3.8) is 0 Å². The van der Waals surface area contributed by atoms with Crippen LogP contribution in [0.25, 0.3) is 16.9 Å². The van der Waals surface area contributed by atoms with Gasteiger partial charge in [0.1, 0.15) is 12.2 Å². The number of hydrogen-bond donors (Lipinski definition) is 2. The second-order valence-electron chi connectivity index (χ2n) is 11.4. The number of piperidine rings is 1. The number of aryl methyl sites for hydroxylation is 1. The molecule has 0 radical (unpaired) electrons. The zero-order valence-corrected chi connectivity index (χ0v) is 26.7. The molecular weight excluding hydrogens is 643 g/mol. The van der Waals surface area contributed by atoms with Gasteiger partial charge in [0.25, 0.3) is 12.4 Å². The second kappa shape index (κ2) is 14.2. The van der Waals surface area contributed by atoms with Crippen LogP contribution in [0.15, 0.2) is 48.9 Å². The van der Waals surface area contributed by atoms with Crippen molar-refractivity contribution in [1.29, 1.82) is 5.26 Å². The molecule has 2 fully saturated rings. The molecule has 2 aromatic carbocycles. The van der Waals surface area contributed by atoms with Crippen LogP contribution in [-0.2, 0) is 14.3 Å². The van der Waals surface area contributed by atoms with E-state index >= 15 is 0 Å². The molecule has 0 bridgehead atoms. The Labute approximate surface area is 280 Å². The van der Waals surface area contributed by atoms with E-state index < -0.39 is 17.8 Å². The first kappa shape index (κ1) is 32.7. The summed E-state index contributed by atoms with van der Waals surface area (Å²) in [6, 6.07) is 10.2. The van der Waals surface area contributed by atoms with Crippen LogP contribution in [0.5, 0.6) is 5.75 Å². The van der Waals surface area contributed by atoms with Crippen LogP contribution in [-0.4, -0.2) is 94.4 Å². The van der Waals surface area contributed by atoms with Crippen LogP contribution in [0.2, 0.25) is 5.02 Å². The summed E-state index contributed by atoms with van der Waals surface area (Å²) < 4.78 is 26.8. The molecule has 2 N–H and O–H groups in total. The fourth-order valence-electron chi connectivity index (χ4n) is 6.14. The minimum absolute atomic E-state index is 0.0509. The molecule has 0 aliphatic carbocycles. The first-order chi connectivity index (χ1) is 23.3. The number of hydrogen-bond acceptors (Lipinski definition) is 10. The van der Waals surface area contributed by atoms with Crippen molar-refractivity contribution in [3.05, 3.63) is 70.9 Å². The highest BCUT2D eigenvalue weighted by Crippen LogP contribution is 2.36. The quantitative estimate of drug-likeness (QED) is 0.252. The molecule has 48 heavy (non-hydrogen) atoms. The Morgan fingerprint density at radius 2 is 1.98 bits per heavy atom. The molecule has 0 spiro atoms. The number of ether oxygens (including phenoxy) is 2. The van der Waals surface area contributed by atoms with E-state index in [9.17, 15) is 18.8 Å². The van der Waals surface area contributed by atoms with Gasteiger partial charge in [-0.15, -0.1) is 0 Å². The van der Waals surface area contributed by atoms with Crippen LogP contribution in [0, 0.1) is 30.0 Å². The molecule has 0 unspecified atom stereocenters. The van der Waals surface area contributed by atoms with Crippen LogP contribution in [0.3, 0.4) is 0 Å². The van der Waals surface area contributed by atoms with E-state index in [-0.39, 0.29) is 29.2 Å². The van der Waals surface area contributed by atoms with Gasteiger partial charge in [-0.1, -0.05) is 11.6 Å². The van der Waals surface area contributed by atoms with Crippen molar-refractivity contribution in [1.82, 2.24) is 29.5 Å². The number of nitriles is 1. The maximum Gasteiger partial charge on any atom is 0.293 e. The van der Waals surface area contributed by atoms with Gasteiger partial charge in [0, 0.05) is 61.9 Å². The fourth-order valence-corrected chi connectivity index (χ4v) is 6.39. The highest BCUT2D eigenvalue weighted by Gasteiger charge is 2.36. The standard InChI is InChI=1S/C33H32ClFN8O5/c1-20-16-21(2-3-22(20)32(45)41-11-13-42(14-12-41)33(46)24-6-8-37-18-27(24)48-19-44)40-30-31-39-17-25(43(31)10-9-38-30)23-4-5-26(47-15-7-36)29(35)28(23)34/h2-5,9-10,16-17,19,24,27,37H,6,8,11-15,18H2,1H3,(H,38,40)/t24-,27+/m0/s1. The van der Waals surface area contributed by atoms with Crippen molar-refractivity contribution in [2.75, 3.05) is 51.2 Å². The van der Waals surface area contributed by atoms with Gasteiger partial charge >= 0.3 is 0 Å². The number of amides is 2. The number of anilines is 2. The summed E-state index contributed by atoms with van der Waals surface area (Å²) in [6.07, 6.45) is 4.91. The number of imidazole rings is 1. The smallest absolute Gasteiger partial charge is 0.293 e. The van der Waals surface area contributed by atoms with Gasteiger partial charge in [0.2, 0.25) is 5.91 Å². The van der Waals surface area contributed by atoms with E-state index in [0.29, 0.717) is 86.1 Å². The number of piperazine rings is 1. The molecule has 4 heterocycles. The Morgan fingerprint density at radius 3 is 2.73 bits per heavy atom. The minimum atomic E-state index is -0.774. The lowest BCUT2D eigenvalue weighted by Crippen LogP contribution is -2.55. The average Bonchev–Trinajstić information content (AvgIpc) is 3.54. The summed E-state index contributed by atoms with van der Waals surface area (Å²) in [5.41, 5.74) is 3.36. The lowest BCUT2D eigenvalue weighted by molar-refractivity contribution is -0.149. The summed E-state index contributed by atoms with van der Waals surface area (Å²) in [5.74, 6) is -1.03. The Morgan fingerprint density at radius 1 is 1.19 bits per heavy atom. The molecule has 2 saturated heterocycles. The molecule has 4 aromatic rings. The highest BCUT2D eigenvalue weighted by atomic mass is 35.5. The largest absolute Gasteiger partial charge is 0.476 e. The number of carbonyl (C=O) groups excluding carboxylic acids is 3. The van der Waals surface area contributed by atoms with Crippen molar-refractivity contribution < 1.29 is 28.2 Å². The van der Waals surface area contributed by atoms with Gasteiger partial charge < -0.3 is 29.9 Å². The maximum atomic E-state index is 14.9. The number of halogens is 2. The molecule has 2 amide bonds. The first-order valence-corrected chi connectivity index (χ1v) is 15.7. The number of fused-ring (bicyclic) bond motifs is 1. The molecular formula is C33H32ClFN8O5. The number of benzene rings is 2. The van der Waals surface area contributed by atoms with Crippen LogP contribution < -0.4 is 15.4 Å². The molecule has 13 nitrogen and oxygen atoms in total. The molecule has 15 heteroatoms. The topological polar surface area (TPSA) is 154 Å². The van der Waals surface area contributed by atoms with Gasteiger partial charge in [0.15, 0.2) is 29.6 Å². The number of aromatic nitrogens is 3. The lowest BCUT2D eigenvalue weighted by Gasteiger charge is -2.39. The van der Waals surface area contributed by atoms with E-state index in [1.54, 1.807) is 57.1 Å². The van der Waals surface area contributed by atoms with Crippen molar-refractivity contribution in [3.8, 4) is 23.1 Å². The number of nitrogens with zero attached hydrogens (tertiary/aromatic N) is 6. The van der Waals surface area contributed by atoms with Crippen LogP contribution in [0.1, 0.15) is 22.3 Å². The minimum Gasteiger partial charge on any atom is -0.476 e. The Hall–Kier alpha value is -5.26. The number of carbonyl (C=O) groups is 3. The van der Waals surface area contributed by atoms with E-state index in [1.807, 2.05) is 13.0 Å². The van der Waals surface area contributed by atoms with Crippen molar-refractivity contribution in [2.24, 2.45) is 5.92 Å².